The Bertz CT molecular complexity index is 699. The molecule has 0 aromatic heterocycles. The Balaban J connectivity index is 1.34. The van der Waals surface area contributed by atoms with Crippen LogP contribution in [-0.4, -0.2) is 25.8 Å². The molecule has 2 heteroatoms. The van der Waals surface area contributed by atoms with E-state index in [2.05, 4.69) is 52.9 Å². The second kappa shape index (κ2) is 12.0. The van der Waals surface area contributed by atoms with Gasteiger partial charge >= 0.3 is 0 Å². The molecule has 4 aliphatic rings. The molecule has 0 aliphatic heterocycles. The van der Waals surface area contributed by atoms with Crippen LogP contribution in [-0.2, 0) is 4.74 Å². The van der Waals surface area contributed by atoms with Crippen molar-refractivity contribution >= 4 is 0 Å². The predicted molar refractivity (Wildman–Crippen MR) is 151 cm³/mol. The quantitative estimate of drug-likeness (QED) is 0.220. The Morgan fingerprint density at radius 1 is 0.971 bits per heavy atom. The molecule has 8 atom stereocenters. The summed E-state index contributed by atoms with van der Waals surface area (Å²) in [5.74, 6) is 5.57. The van der Waals surface area contributed by atoms with Gasteiger partial charge in [0.1, 0.15) is 0 Å². The van der Waals surface area contributed by atoms with Crippen LogP contribution in [0.15, 0.2) is 11.6 Å². The summed E-state index contributed by atoms with van der Waals surface area (Å²) < 4.78 is 6.36. The van der Waals surface area contributed by atoms with Gasteiger partial charge in [-0.3, -0.25) is 0 Å². The van der Waals surface area contributed by atoms with Crippen LogP contribution in [0.1, 0.15) is 125 Å². The number of fused-ring (bicyclic) bond motifs is 5. The molecule has 4 aliphatic carbocycles. The Morgan fingerprint density at radius 2 is 1.80 bits per heavy atom. The first-order valence-corrected chi connectivity index (χ1v) is 15.8. The van der Waals surface area contributed by atoms with Gasteiger partial charge in [0.05, 0.1) is 12.7 Å². The third-order valence-electron chi connectivity index (χ3n) is 11.6. The maximum Gasteiger partial charge on any atom is 0.0613 e. The van der Waals surface area contributed by atoms with E-state index in [1.807, 2.05) is 0 Å². The minimum Gasteiger partial charge on any atom is -0.377 e. The largest absolute Gasteiger partial charge is 0.377 e. The van der Waals surface area contributed by atoms with E-state index in [9.17, 15) is 0 Å². The van der Waals surface area contributed by atoms with E-state index in [1.54, 1.807) is 5.57 Å². The van der Waals surface area contributed by atoms with Gasteiger partial charge in [0.15, 0.2) is 0 Å². The molecule has 1 N–H and O–H groups in total. The van der Waals surface area contributed by atoms with E-state index >= 15 is 0 Å². The van der Waals surface area contributed by atoms with Crippen LogP contribution in [0.3, 0.4) is 0 Å². The number of hydrogen-bond donors (Lipinski definition) is 1. The summed E-state index contributed by atoms with van der Waals surface area (Å²) in [5.41, 5.74) is 2.82. The lowest BCUT2D eigenvalue weighted by atomic mass is 9.47. The predicted octanol–water partition coefficient (Wildman–Crippen LogP) is 8.80. The highest BCUT2D eigenvalue weighted by Crippen LogP contribution is 2.67. The van der Waals surface area contributed by atoms with E-state index in [4.69, 9.17) is 4.74 Å². The number of rotatable bonds is 12. The molecule has 0 aromatic carbocycles. The highest BCUT2D eigenvalue weighted by atomic mass is 16.5. The molecule has 0 aromatic rings. The van der Waals surface area contributed by atoms with Crippen LogP contribution < -0.4 is 5.32 Å². The fourth-order valence-electron chi connectivity index (χ4n) is 9.52. The van der Waals surface area contributed by atoms with Gasteiger partial charge in [0, 0.05) is 6.54 Å². The lowest BCUT2D eigenvalue weighted by molar-refractivity contribution is -0.0636. The van der Waals surface area contributed by atoms with Crippen molar-refractivity contribution in [1.82, 2.24) is 5.32 Å². The molecule has 202 valence electrons. The monoisotopic (exact) mass is 485 g/mol. The van der Waals surface area contributed by atoms with Crippen LogP contribution in [0.2, 0.25) is 0 Å². The van der Waals surface area contributed by atoms with E-state index < -0.39 is 0 Å². The average Bonchev–Trinajstić information content (AvgIpc) is 3.18. The van der Waals surface area contributed by atoms with Crippen molar-refractivity contribution < 1.29 is 4.74 Å². The van der Waals surface area contributed by atoms with Crippen LogP contribution >= 0.6 is 0 Å². The topological polar surface area (TPSA) is 21.3 Å². The van der Waals surface area contributed by atoms with Gasteiger partial charge in [-0.05, 0) is 111 Å². The smallest absolute Gasteiger partial charge is 0.0613 e. The molecule has 35 heavy (non-hydrogen) atoms. The third kappa shape index (κ3) is 5.89. The number of nitrogens with one attached hydrogen (secondary N) is 1. The number of unbranched alkanes of at least 4 members (excludes halogenated alkanes) is 1. The third-order valence-corrected chi connectivity index (χ3v) is 11.6. The summed E-state index contributed by atoms with van der Waals surface area (Å²) in [6.45, 7) is 18.0. The maximum atomic E-state index is 6.36. The maximum absolute atomic E-state index is 6.36. The average molecular weight is 486 g/mol. The van der Waals surface area contributed by atoms with E-state index in [-0.39, 0.29) is 0 Å². The minimum atomic E-state index is 0.449. The molecule has 3 fully saturated rings. The van der Waals surface area contributed by atoms with Gasteiger partial charge in [-0.1, -0.05) is 78.9 Å². The highest BCUT2D eigenvalue weighted by molar-refractivity contribution is 5.25. The van der Waals surface area contributed by atoms with Gasteiger partial charge in [-0.15, -0.1) is 0 Å². The van der Waals surface area contributed by atoms with Crippen LogP contribution in [0, 0.1) is 46.3 Å². The molecule has 0 amide bonds. The minimum absolute atomic E-state index is 0.449. The van der Waals surface area contributed by atoms with Gasteiger partial charge in [0.25, 0.3) is 0 Å². The summed E-state index contributed by atoms with van der Waals surface area (Å²) in [5, 5.41) is 3.54. The Hall–Kier alpha value is -0.340. The van der Waals surface area contributed by atoms with Crippen molar-refractivity contribution in [2.45, 2.75) is 131 Å². The van der Waals surface area contributed by atoms with Gasteiger partial charge < -0.3 is 10.1 Å². The molecule has 0 bridgehead atoms. The van der Waals surface area contributed by atoms with E-state index in [0.29, 0.717) is 16.9 Å². The van der Waals surface area contributed by atoms with Gasteiger partial charge in [-0.25, -0.2) is 0 Å². The SMILES string of the molecule is CCCCNCCOC1CC[C@@]2(C)C(=CC[C@H]3[C@@H]4CC[C@H]([C@H](C)CCCC(C)C)[C@@]4(C)CC[C@@H]32)C1. The molecule has 1 unspecified atom stereocenters. The van der Waals surface area contributed by atoms with E-state index in [1.165, 1.54) is 83.5 Å². The summed E-state index contributed by atoms with van der Waals surface area (Å²) in [4.78, 5) is 0. The molecular formula is C33H59NO. The Kier molecular flexibility index (Phi) is 9.51. The van der Waals surface area contributed by atoms with Crippen LogP contribution in [0.4, 0.5) is 0 Å². The summed E-state index contributed by atoms with van der Waals surface area (Å²) >= 11 is 0. The highest BCUT2D eigenvalue weighted by Gasteiger charge is 2.59. The first-order valence-electron chi connectivity index (χ1n) is 15.8. The van der Waals surface area contributed by atoms with Crippen molar-refractivity contribution in [3.05, 3.63) is 11.6 Å². The standard InChI is InChI=1S/C33H59NO/c1-7-8-20-34-21-22-35-27-16-18-32(5)26(23-27)12-13-28-30-15-14-29(25(4)11-9-10-24(2)3)33(30,6)19-17-31(28)32/h12,24-25,27-31,34H,7-11,13-23H2,1-6H3/t25-,27?,28+,29-,30+,31+,32+,33-/m1/s1. The second-order valence-electron chi connectivity index (χ2n) is 14.1. The number of ether oxygens (including phenoxy) is 1. The van der Waals surface area contributed by atoms with Crippen molar-refractivity contribution in [2.75, 3.05) is 19.7 Å². The molecule has 0 radical (unpaired) electrons. The molecular weight excluding hydrogens is 426 g/mol. The summed E-state index contributed by atoms with van der Waals surface area (Å²) in [6, 6.07) is 0. The van der Waals surface area contributed by atoms with Crippen molar-refractivity contribution in [1.29, 1.82) is 0 Å². The van der Waals surface area contributed by atoms with E-state index in [0.717, 1.165) is 55.2 Å². The lowest BCUT2D eigenvalue weighted by Gasteiger charge is -2.58. The van der Waals surface area contributed by atoms with Crippen LogP contribution in [0.5, 0.6) is 0 Å². The molecule has 2 nitrogen and oxygen atoms in total. The van der Waals surface area contributed by atoms with Crippen LogP contribution in [0.25, 0.3) is 0 Å². The Labute approximate surface area is 218 Å². The fraction of sp³-hybridized carbons (Fsp3) is 0.939. The lowest BCUT2D eigenvalue weighted by Crippen LogP contribution is -2.51. The zero-order valence-corrected chi connectivity index (χ0v) is 24.3. The number of hydrogen-bond acceptors (Lipinski definition) is 2. The Morgan fingerprint density at radius 3 is 2.57 bits per heavy atom. The molecule has 4 rings (SSSR count). The molecule has 0 saturated heterocycles. The van der Waals surface area contributed by atoms with Crippen molar-refractivity contribution in [3.63, 3.8) is 0 Å². The molecule has 3 saturated carbocycles. The summed E-state index contributed by atoms with van der Waals surface area (Å²) in [6.07, 6.45) is 21.2. The van der Waals surface area contributed by atoms with Gasteiger partial charge in [-0.2, -0.15) is 0 Å². The fourth-order valence-corrected chi connectivity index (χ4v) is 9.52. The second-order valence-corrected chi connectivity index (χ2v) is 14.1. The summed E-state index contributed by atoms with van der Waals surface area (Å²) in [7, 11) is 0. The molecule has 0 heterocycles. The van der Waals surface area contributed by atoms with Crippen molar-refractivity contribution in [2.24, 2.45) is 46.3 Å². The zero-order chi connectivity index (χ0) is 25.1. The first-order chi connectivity index (χ1) is 16.8. The zero-order valence-electron chi connectivity index (χ0n) is 24.3. The first kappa shape index (κ1) is 27.7. The van der Waals surface area contributed by atoms with Crippen molar-refractivity contribution in [3.8, 4) is 0 Å². The molecule has 0 spiro atoms. The number of allylic oxidation sites excluding steroid dienone is 1. The normalized spacial score (nSPS) is 39.6. The van der Waals surface area contributed by atoms with Gasteiger partial charge in [0.2, 0.25) is 0 Å².